The quantitative estimate of drug-likeness (QED) is 0.316. The summed E-state index contributed by atoms with van der Waals surface area (Å²) in [7, 11) is 1.63. The molecule has 0 unspecified atom stereocenters. The van der Waals surface area contributed by atoms with Crippen molar-refractivity contribution in [3.63, 3.8) is 0 Å². The summed E-state index contributed by atoms with van der Waals surface area (Å²) in [6, 6.07) is 5.71. The average Bonchev–Trinajstić information content (AvgIpc) is 2.52. The molecule has 0 saturated heterocycles. The van der Waals surface area contributed by atoms with E-state index in [1.54, 1.807) is 13.3 Å². The monoisotopic (exact) mass is 323 g/mol. The van der Waals surface area contributed by atoms with E-state index >= 15 is 0 Å². The van der Waals surface area contributed by atoms with Gasteiger partial charge in [-0.1, -0.05) is 19.8 Å². The Kier molecular flexibility index (Phi) is 8.98. The fourth-order valence-electron chi connectivity index (χ4n) is 1.78. The summed E-state index contributed by atoms with van der Waals surface area (Å²) in [5, 5.41) is 7.54. The van der Waals surface area contributed by atoms with Crippen LogP contribution in [0.3, 0.4) is 0 Å². The van der Waals surface area contributed by atoms with E-state index in [-0.39, 0.29) is 0 Å². The Balaban J connectivity index is 2.59. The number of nitrogens with one attached hydrogen (secondary N) is 2. The van der Waals surface area contributed by atoms with Gasteiger partial charge in [0.2, 0.25) is 0 Å². The lowest BCUT2D eigenvalue weighted by Gasteiger charge is -2.11. The molecule has 1 rings (SSSR count). The fourth-order valence-corrected chi connectivity index (χ4v) is 1.98. The molecular formula is C16H25N3O2S. The molecule has 0 heterocycles. The zero-order valence-electron chi connectivity index (χ0n) is 13.5. The summed E-state index contributed by atoms with van der Waals surface area (Å²) in [5.41, 5.74) is 3.66. The Labute approximate surface area is 138 Å². The van der Waals surface area contributed by atoms with Crippen molar-refractivity contribution in [1.82, 2.24) is 10.7 Å². The van der Waals surface area contributed by atoms with Crippen molar-refractivity contribution < 1.29 is 9.47 Å². The summed E-state index contributed by atoms with van der Waals surface area (Å²) in [6.45, 7) is 5.61. The molecule has 0 aliphatic rings. The zero-order valence-corrected chi connectivity index (χ0v) is 14.3. The number of hydrogen-bond donors (Lipinski definition) is 2. The predicted octanol–water partition coefficient (Wildman–Crippen LogP) is 3.08. The van der Waals surface area contributed by atoms with Crippen LogP contribution in [0.25, 0.3) is 0 Å². The maximum atomic E-state index is 5.74. The molecule has 5 nitrogen and oxygen atoms in total. The molecule has 6 heteroatoms. The zero-order chi connectivity index (χ0) is 16.2. The lowest BCUT2D eigenvalue weighted by atomic mass is 10.2. The second-order valence-corrected chi connectivity index (χ2v) is 5.10. The van der Waals surface area contributed by atoms with Crippen LogP contribution in [0.4, 0.5) is 0 Å². The standard InChI is InChI=1S/C16H25N3O2S/c1-4-6-7-10-21-14-9-8-13(11-15(14)20-3)12-18-19-16(22)17-5-2/h8-9,11-12H,4-7,10H2,1-3H3,(H2,17,19,22)/b18-12-. The summed E-state index contributed by atoms with van der Waals surface area (Å²) in [6.07, 6.45) is 5.09. The van der Waals surface area contributed by atoms with Gasteiger partial charge in [-0.3, -0.25) is 5.43 Å². The molecule has 0 atom stereocenters. The van der Waals surface area contributed by atoms with E-state index in [1.807, 2.05) is 25.1 Å². The Bertz CT molecular complexity index is 492. The van der Waals surface area contributed by atoms with Crippen LogP contribution >= 0.6 is 12.2 Å². The van der Waals surface area contributed by atoms with E-state index in [0.29, 0.717) is 17.5 Å². The fraction of sp³-hybridized carbons (Fsp3) is 0.500. The maximum Gasteiger partial charge on any atom is 0.186 e. The van der Waals surface area contributed by atoms with Gasteiger partial charge in [-0.05, 0) is 49.3 Å². The van der Waals surface area contributed by atoms with Gasteiger partial charge in [0.25, 0.3) is 0 Å². The second kappa shape index (κ2) is 10.8. The number of hydrogen-bond acceptors (Lipinski definition) is 4. The highest BCUT2D eigenvalue weighted by Gasteiger charge is 2.04. The van der Waals surface area contributed by atoms with Gasteiger partial charge in [-0.25, -0.2) is 0 Å². The Morgan fingerprint density at radius 1 is 1.27 bits per heavy atom. The van der Waals surface area contributed by atoms with Crippen LogP contribution in [0.2, 0.25) is 0 Å². The molecule has 0 aliphatic carbocycles. The minimum absolute atomic E-state index is 0.501. The van der Waals surface area contributed by atoms with E-state index in [1.165, 1.54) is 12.8 Å². The number of nitrogens with zero attached hydrogens (tertiary/aromatic N) is 1. The van der Waals surface area contributed by atoms with Crippen molar-refractivity contribution in [2.24, 2.45) is 5.10 Å². The van der Waals surface area contributed by atoms with Gasteiger partial charge in [-0.2, -0.15) is 5.10 Å². The number of benzene rings is 1. The predicted molar refractivity (Wildman–Crippen MR) is 95.0 cm³/mol. The van der Waals surface area contributed by atoms with E-state index in [4.69, 9.17) is 21.7 Å². The van der Waals surface area contributed by atoms with E-state index < -0.39 is 0 Å². The maximum absolute atomic E-state index is 5.74. The van der Waals surface area contributed by atoms with Gasteiger partial charge < -0.3 is 14.8 Å². The van der Waals surface area contributed by atoms with Crippen molar-refractivity contribution >= 4 is 23.5 Å². The van der Waals surface area contributed by atoms with E-state index in [9.17, 15) is 0 Å². The van der Waals surface area contributed by atoms with Crippen molar-refractivity contribution in [3.05, 3.63) is 23.8 Å². The number of methoxy groups -OCH3 is 1. The molecule has 0 spiro atoms. The number of thiocarbonyl (C=S) groups is 1. The molecule has 22 heavy (non-hydrogen) atoms. The Hall–Kier alpha value is -1.82. The summed E-state index contributed by atoms with van der Waals surface area (Å²) >= 11 is 5.03. The third kappa shape index (κ3) is 6.76. The van der Waals surface area contributed by atoms with Crippen LogP contribution in [0.1, 0.15) is 38.7 Å². The van der Waals surface area contributed by atoms with Crippen molar-refractivity contribution in [3.8, 4) is 11.5 Å². The molecular weight excluding hydrogens is 298 g/mol. The van der Waals surface area contributed by atoms with Gasteiger partial charge in [-0.15, -0.1) is 0 Å². The lowest BCUT2D eigenvalue weighted by Crippen LogP contribution is -2.31. The topological polar surface area (TPSA) is 54.9 Å². The van der Waals surface area contributed by atoms with Crippen LogP contribution in [0, 0.1) is 0 Å². The normalized spacial score (nSPS) is 10.5. The highest BCUT2D eigenvalue weighted by molar-refractivity contribution is 7.80. The second-order valence-electron chi connectivity index (χ2n) is 4.70. The molecule has 1 aromatic carbocycles. The van der Waals surface area contributed by atoms with Gasteiger partial charge in [0, 0.05) is 6.54 Å². The largest absolute Gasteiger partial charge is 0.493 e. The van der Waals surface area contributed by atoms with Crippen LogP contribution in [-0.2, 0) is 0 Å². The van der Waals surface area contributed by atoms with Crippen LogP contribution in [0.5, 0.6) is 11.5 Å². The number of rotatable bonds is 9. The van der Waals surface area contributed by atoms with Gasteiger partial charge in [0.1, 0.15) is 0 Å². The van der Waals surface area contributed by atoms with Gasteiger partial charge >= 0.3 is 0 Å². The molecule has 0 aliphatic heterocycles. The molecule has 0 amide bonds. The molecule has 0 radical (unpaired) electrons. The molecule has 0 saturated carbocycles. The van der Waals surface area contributed by atoms with Crippen LogP contribution < -0.4 is 20.2 Å². The van der Waals surface area contributed by atoms with Crippen molar-refractivity contribution in [2.45, 2.75) is 33.1 Å². The molecule has 0 fully saturated rings. The summed E-state index contributed by atoms with van der Waals surface area (Å²) < 4.78 is 11.1. The molecule has 122 valence electrons. The Morgan fingerprint density at radius 3 is 2.77 bits per heavy atom. The highest BCUT2D eigenvalue weighted by atomic mass is 32.1. The number of unbranched alkanes of at least 4 members (excludes halogenated alkanes) is 2. The van der Waals surface area contributed by atoms with Gasteiger partial charge in [0.05, 0.1) is 19.9 Å². The average molecular weight is 323 g/mol. The van der Waals surface area contributed by atoms with Crippen LogP contribution in [-0.4, -0.2) is 31.6 Å². The first-order valence-electron chi connectivity index (χ1n) is 7.59. The summed E-state index contributed by atoms with van der Waals surface area (Å²) in [5.74, 6) is 1.46. The van der Waals surface area contributed by atoms with E-state index in [2.05, 4.69) is 22.8 Å². The molecule has 0 aromatic heterocycles. The van der Waals surface area contributed by atoms with Crippen molar-refractivity contribution in [2.75, 3.05) is 20.3 Å². The first-order chi connectivity index (χ1) is 10.7. The molecule has 2 N–H and O–H groups in total. The number of ether oxygens (including phenoxy) is 2. The minimum atomic E-state index is 0.501. The van der Waals surface area contributed by atoms with Crippen LogP contribution in [0.15, 0.2) is 23.3 Å². The first-order valence-corrected chi connectivity index (χ1v) is 7.99. The smallest absolute Gasteiger partial charge is 0.186 e. The lowest BCUT2D eigenvalue weighted by molar-refractivity contribution is 0.286. The SMILES string of the molecule is CCCCCOc1ccc(/C=N\NC(=S)NCC)cc1OC. The number of hydrazone groups is 1. The van der Waals surface area contributed by atoms with Gasteiger partial charge in [0.15, 0.2) is 16.6 Å². The summed E-state index contributed by atoms with van der Waals surface area (Å²) in [4.78, 5) is 0. The third-order valence-corrected chi connectivity index (χ3v) is 3.15. The Morgan fingerprint density at radius 2 is 2.09 bits per heavy atom. The minimum Gasteiger partial charge on any atom is -0.493 e. The van der Waals surface area contributed by atoms with E-state index in [0.717, 1.165) is 24.3 Å². The van der Waals surface area contributed by atoms with Crippen molar-refractivity contribution in [1.29, 1.82) is 0 Å². The highest BCUT2D eigenvalue weighted by Crippen LogP contribution is 2.27. The third-order valence-electron chi connectivity index (χ3n) is 2.91. The molecule has 1 aromatic rings. The first kappa shape index (κ1) is 18.2. The molecule has 0 bridgehead atoms.